The Morgan fingerprint density at radius 2 is 2.31 bits per heavy atom. The largest absolute Gasteiger partial charge is 0.327 e. The molecule has 2 rings (SSSR count). The number of hydrogen-bond donors (Lipinski definition) is 0. The smallest absolute Gasteiger partial charge is 0.256 e. The summed E-state index contributed by atoms with van der Waals surface area (Å²) in [6.45, 7) is 0.580. The van der Waals surface area contributed by atoms with Crippen molar-refractivity contribution in [3.8, 4) is 0 Å². The highest BCUT2D eigenvalue weighted by molar-refractivity contribution is 6.64. The molecule has 1 unspecified atom stereocenters. The number of likely N-dealkylation sites (tertiary alicyclic amines) is 1. The molecule has 4 nitrogen and oxygen atoms in total. The van der Waals surface area contributed by atoms with Gasteiger partial charge in [0.1, 0.15) is 6.04 Å². The second-order valence-electron chi connectivity index (χ2n) is 3.70. The Morgan fingerprint density at radius 1 is 1.50 bits per heavy atom. The molecule has 1 aromatic rings. The fraction of sp³-hybridized carbons (Fsp3) is 0.364. The number of carbonyl (C=O) groups is 2. The lowest BCUT2D eigenvalue weighted by Crippen LogP contribution is -2.38. The van der Waals surface area contributed by atoms with Crippen LogP contribution in [0.1, 0.15) is 23.2 Å². The minimum Gasteiger partial charge on any atom is -0.327 e. The first-order valence-corrected chi connectivity index (χ1v) is 5.48. The van der Waals surface area contributed by atoms with Gasteiger partial charge < -0.3 is 4.90 Å². The van der Waals surface area contributed by atoms with E-state index < -0.39 is 11.3 Å². The molecule has 1 amide bonds. The zero-order valence-electron chi connectivity index (χ0n) is 8.60. The predicted molar refractivity (Wildman–Crippen MR) is 59.2 cm³/mol. The van der Waals surface area contributed by atoms with Crippen molar-refractivity contribution >= 4 is 22.8 Å². The fourth-order valence-corrected chi connectivity index (χ4v) is 2.13. The molecular weight excluding hydrogens is 228 g/mol. The van der Waals surface area contributed by atoms with Gasteiger partial charge in [-0.25, -0.2) is 0 Å². The Balaban J connectivity index is 2.19. The van der Waals surface area contributed by atoms with Crippen LogP contribution < -0.4 is 0 Å². The topological polar surface area (TPSA) is 50.3 Å². The number of rotatable bonds is 2. The van der Waals surface area contributed by atoms with Crippen LogP contribution in [0.4, 0.5) is 0 Å². The molecule has 1 saturated heterocycles. The lowest BCUT2D eigenvalue weighted by atomic mass is 10.2. The van der Waals surface area contributed by atoms with E-state index in [0.717, 1.165) is 6.42 Å². The summed E-state index contributed by atoms with van der Waals surface area (Å²) < 4.78 is 0. The Kier molecular flexibility index (Phi) is 3.19. The number of nitrogens with zero attached hydrogens (tertiary/aromatic N) is 2. The van der Waals surface area contributed by atoms with Crippen molar-refractivity contribution in [2.75, 3.05) is 6.54 Å². The molecule has 1 atom stereocenters. The van der Waals surface area contributed by atoms with Gasteiger partial charge >= 0.3 is 0 Å². The summed E-state index contributed by atoms with van der Waals surface area (Å²) in [7, 11) is 0. The van der Waals surface area contributed by atoms with Gasteiger partial charge in [0, 0.05) is 18.9 Å². The Labute approximate surface area is 98.2 Å². The predicted octanol–water partition coefficient (Wildman–Crippen LogP) is 1.45. The summed E-state index contributed by atoms with van der Waals surface area (Å²) in [6, 6.07) is 2.90. The van der Waals surface area contributed by atoms with E-state index in [2.05, 4.69) is 4.98 Å². The molecule has 1 aliphatic heterocycles. The van der Waals surface area contributed by atoms with Gasteiger partial charge in [-0.1, -0.05) is 0 Å². The minimum atomic E-state index is -0.477. The van der Waals surface area contributed by atoms with Crippen LogP contribution in [-0.4, -0.2) is 33.6 Å². The highest BCUT2D eigenvalue weighted by Crippen LogP contribution is 2.21. The van der Waals surface area contributed by atoms with Crippen molar-refractivity contribution in [3.63, 3.8) is 0 Å². The van der Waals surface area contributed by atoms with Crippen molar-refractivity contribution in [2.45, 2.75) is 18.9 Å². The normalized spacial score (nSPS) is 19.8. The molecule has 0 saturated carbocycles. The van der Waals surface area contributed by atoms with Gasteiger partial charge in [0.05, 0.1) is 5.56 Å². The zero-order chi connectivity index (χ0) is 11.5. The first-order chi connectivity index (χ1) is 7.70. The van der Waals surface area contributed by atoms with Gasteiger partial charge in [-0.05, 0) is 36.6 Å². The van der Waals surface area contributed by atoms with Gasteiger partial charge in [0.25, 0.3) is 5.91 Å². The molecule has 1 aromatic heterocycles. The fourth-order valence-electron chi connectivity index (χ4n) is 1.90. The maximum atomic E-state index is 12.0. The molecule has 1 aliphatic rings. The molecule has 0 aromatic carbocycles. The van der Waals surface area contributed by atoms with Gasteiger partial charge in [-0.2, -0.15) is 0 Å². The second-order valence-corrected chi connectivity index (χ2v) is 4.07. The van der Waals surface area contributed by atoms with Gasteiger partial charge in [0.2, 0.25) is 5.24 Å². The molecule has 0 spiro atoms. The number of pyridine rings is 1. The van der Waals surface area contributed by atoms with Gasteiger partial charge in [-0.15, -0.1) is 0 Å². The van der Waals surface area contributed by atoms with Crippen molar-refractivity contribution in [1.82, 2.24) is 9.88 Å². The number of aromatic nitrogens is 1. The Hall–Kier alpha value is -1.42. The van der Waals surface area contributed by atoms with E-state index >= 15 is 0 Å². The molecular formula is C11H11ClN2O2. The standard InChI is InChI=1S/C11H11ClN2O2/c12-10(15)9-4-2-6-14(9)11(16)8-3-1-5-13-7-8/h1,3,5,7,9H,2,4,6H2. The van der Waals surface area contributed by atoms with Crippen LogP contribution in [0.3, 0.4) is 0 Å². The van der Waals surface area contributed by atoms with E-state index in [9.17, 15) is 9.59 Å². The third kappa shape index (κ3) is 2.07. The first kappa shape index (κ1) is 11.1. The molecule has 0 aliphatic carbocycles. The molecule has 0 bridgehead atoms. The average Bonchev–Trinajstić information content (AvgIpc) is 2.78. The molecule has 5 heteroatoms. The van der Waals surface area contributed by atoms with E-state index in [0.29, 0.717) is 18.5 Å². The highest BCUT2D eigenvalue weighted by atomic mass is 35.5. The molecule has 1 fully saturated rings. The van der Waals surface area contributed by atoms with Crippen molar-refractivity contribution < 1.29 is 9.59 Å². The number of carbonyl (C=O) groups excluding carboxylic acids is 2. The van der Waals surface area contributed by atoms with E-state index in [4.69, 9.17) is 11.6 Å². The van der Waals surface area contributed by atoms with E-state index in [1.165, 1.54) is 11.1 Å². The summed E-state index contributed by atoms with van der Waals surface area (Å²) in [6.07, 6.45) is 4.56. The Bertz CT molecular complexity index is 408. The lowest BCUT2D eigenvalue weighted by molar-refractivity contribution is -0.115. The Morgan fingerprint density at radius 3 is 2.94 bits per heavy atom. The maximum absolute atomic E-state index is 12.0. The first-order valence-electron chi connectivity index (χ1n) is 5.10. The summed E-state index contributed by atoms with van der Waals surface area (Å²) in [5.41, 5.74) is 0.493. The van der Waals surface area contributed by atoms with Gasteiger partial charge in [0.15, 0.2) is 0 Å². The molecule has 16 heavy (non-hydrogen) atoms. The summed E-state index contributed by atoms with van der Waals surface area (Å²) >= 11 is 5.46. The molecule has 84 valence electrons. The minimum absolute atomic E-state index is 0.176. The number of amides is 1. The van der Waals surface area contributed by atoms with Crippen LogP contribution >= 0.6 is 11.6 Å². The lowest BCUT2D eigenvalue weighted by Gasteiger charge is -2.21. The van der Waals surface area contributed by atoms with Gasteiger partial charge in [-0.3, -0.25) is 14.6 Å². The SMILES string of the molecule is O=C(Cl)C1CCCN1C(=O)c1cccnc1. The van der Waals surface area contributed by atoms with Crippen molar-refractivity contribution in [1.29, 1.82) is 0 Å². The van der Waals surface area contributed by atoms with Crippen LogP contribution in [0.15, 0.2) is 24.5 Å². The van der Waals surface area contributed by atoms with E-state index in [1.54, 1.807) is 18.3 Å². The zero-order valence-corrected chi connectivity index (χ0v) is 9.35. The maximum Gasteiger partial charge on any atom is 0.256 e. The van der Waals surface area contributed by atoms with Crippen LogP contribution in [0.5, 0.6) is 0 Å². The van der Waals surface area contributed by atoms with Crippen molar-refractivity contribution in [2.24, 2.45) is 0 Å². The summed E-state index contributed by atoms with van der Waals surface area (Å²) in [5, 5.41) is -0.463. The third-order valence-corrected chi connectivity index (χ3v) is 2.94. The summed E-state index contributed by atoms with van der Waals surface area (Å²) in [4.78, 5) is 28.6. The van der Waals surface area contributed by atoms with Crippen LogP contribution in [0, 0.1) is 0 Å². The van der Waals surface area contributed by atoms with Crippen LogP contribution in [0.25, 0.3) is 0 Å². The second kappa shape index (κ2) is 4.61. The number of halogens is 1. The van der Waals surface area contributed by atoms with Crippen molar-refractivity contribution in [3.05, 3.63) is 30.1 Å². The molecule has 0 radical (unpaired) electrons. The third-order valence-electron chi connectivity index (χ3n) is 2.68. The highest BCUT2D eigenvalue weighted by Gasteiger charge is 2.33. The van der Waals surface area contributed by atoms with E-state index in [-0.39, 0.29) is 5.91 Å². The summed E-state index contributed by atoms with van der Waals surface area (Å²) in [5.74, 6) is -0.176. The van der Waals surface area contributed by atoms with Crippen LogP contribution in [0.2, 0.25) is 0 Å². The molecule has 0 N–H and O–H groups in total. The molecule has 2 heterocycles. The van der Waals surface area contributed by atoms with Crippen LogP contribution in [-0.2, 0) is 4.79 Å². The number of hydrogen-bond acceptors (Lipinski definition) is 3. The monoisotopic (exact) mass is 238 g/mol. The average molecular weight is 239 g/mol. The quantitative estimate of drug-likeness (QED) is 0.733. The van der Waals surface area contributed by atoms with E-state index in [1.807, 2.05) is 0 Å².